The van der Waals surface area contributed by atoms with Gasteiger partial charge in [-0.1, -0.05) is 6.92 Å². The fourth-order valence-electron chi connectivity index (χ4n) is 3.47. The van der Waals surface area contributed by atoms with Gasteiger partial charge in [0.2, 0.25) is 5.91 Å². The van der Waals surface area contributed by atoms with Gasteiger partial charge in [-0.3, -0.25) is 4.79 Å². The molecule has 0 saturated carbocycles. The summed E-state index contributed by atoms with van der Waals surface area (Å²) in [5, 5.41) is 1.11. The molecule has 124 valence electrons. The van der Waals surface area contributed by atoms with Gasteiger partial charge in [-0.25, -0.2) is 4.98 Å². The van der Waals surface area contributed by atoms with Crippen molar-refractivity contribution in [1.82, 2.24) is 14.9 Å². The zero-order chi connectivity index (χ0) is 16.6. The number of aromatic amines is 1. The van der Waals surface area contributed by atoms with Crippen LogP contribution in [0.3, 0.4) is 0 Å². The summed E-state index contributed by atoms with van der Waals surface area (Å²) in [5.41, 5.74) is 7.81. The third-order valence-electron chi connectivity index (χ3n) is 4.93. The molecule has 1 fully saturated rings. The van der Waals surface area contributed by atoms with Crippen LogP contribution in [0.2, 0.25) is 0 Å². The van der Waals surface area contributed by atoms with Crippen molar-refractivity contribution < 1.29 is 4.79 Å². The molecule has 1 saturated heterocycles. The number of carbonyl (C=O) groups is 1. The number of likely N-dealkylation sites (N-methyl/N-ethyl adjacent to an activating group) is 1. The largest absolute Gasteiger partial charge is 0.369 e. The normalized spacial score (nSPS) is 23.0. The molecule has 3 heterocycles. The van der Waals surface area contributed by atoms with Gasteiger partial charge >= 0.3 is 0 Å². The first-order valence-electron chi connectivity index (χ1n) is 8.18. The second-order valence-corrected chi connectivity index (χ2v) is 6.59. The van der Waals surface area contributed by atoms with Crippen molar-refractivity contribution in [2.45, 2.75) is 32.4 Å². The Balaban J connectivity index is 1.86. The molecule has 6 nitrogen and oxygen atoms in total. The average molecular weight is 315 g/mol. The number of pyridine rings is 1. The SMILES string of the molecule is C[C@@H]1CCN(C(=O)[C@@H](C)N)C[C@@H]1N(C)c1ccnc2[nH]ccc12. The number of piperidine rings is 1. The van der Waals surface area contributed by atoms with E-state index in [-0.39, 0.29) is 11.9 Å². The lowest BCUT2D eigenvalue weighted by atomic mass is 9.91. The Morgan fingerprint density at radius 1 is 1.52 bits per heavy atom. The zero-order valence-electron chi connectivity index (χ0n) is 14.0. The minimum Gasteiger partial charge on any atom is -0.369 e. The van der Waals surface area contributed by atoms with Gasteiger partial charge in [-0.05, 0) is 31.4 Å². The van der Waals surface area contributed by atoms with Crippen LogP contribution in [-0.2, 0) is 4.79 Å². The summed E-state index contributed by atoms with van der Waals surface area (Å²) in [6.45, 7) is 5.52. The van der Waals surface area contributed by atoms with E-state index in [0.717, 1.165) is 29.7 Å². The summed E-state index contributed by atoms with van der Waals surface area (Å²) in [4.78, 5) is 23.9. The molecule has 1 aliphatic heterocycles. The molecule has 0 spiro atoms. The molecule has 2 aromatic rings. The molecule has 0 aliphatic carbocycles. The molecule has 23 heavy (non-hydrogen) atoms. The number of aromatic nitrogens is 2. The van der Waals surface area contributed by atoms with Crippen LogP contribution in [0.1, 0.15) is 20.3 Å². The summed E-state index contributed by atoms with van der Waals surface area (Å²) in [6.07, 6.45) is 4.73. The van der Waals surface area contributed by atoms with E-state index in [9.17, 15) is 4.79 Å². The maximum Gasteiger partial charge on any atom is 0.239 e. The minimum absolute atomic E-state index is 0.0387. The highest BCUT2D eigenvalue weighted by Crippen LogP contribution is 2.30. The van der Waals surface area contributed by atoms with Gasteiger partial charge in [-0.15, -0.1) is 0 Å². The second kappa shape index (κ2) is 6.20. The highest BCUT2D eigenvalue weighted by molar-refractivity contribution is 5.89. The molecule has 2 aromatic heterocycles. The number of H-pyrrole nitrogens is 1. The van der Waals surface area contributed by atoms with Crippen molar-refractivity contribution in [3.05, 3.63) is 24.5 Å². The van der Waals surface area contributed by atoms with E-state index in [1.54, 1.807) is 6.92 Å². The monoisotopic (exact) mass is 315 g/mol. The number of anilines is 1. The van der Waals surface area contributed by atoms with E-state index in [4.69, 9.17) is 5.73 Å². The van der Waals surface area contributed by atoms with Gasteiger partial charge in [0.15, 0.2) is 0 Å². The van der Waals surface area contributed by atoms with Crippen molar-refractivity contribution in [1.29, 1.82) is 0 Å². The van der Waals surface area contributed by atoms with Gasteiger partial charge in [0.1, 0.15) is 5.65 Å². The predicted octanol–water partition coefficient (Wildman–Crippen LogP) is 1.58. The smallest absolute Gasteiger partial charge is 0.239 e. The van der Waals surface area contributed by atoms with E-state index in [1.807, 2.05) is 29.4 Å². The van der Waals surface area contributed by atoms with E-state index >= 15 is 0 Å². The zero-order valence-corrected chi connectivity index (χ0v) is 14.0. The van der Waals surface area contributed by atoms with Gasteiger partial charge in [0, 0.05) is 49.6 Å². The number of hydrogen-bond acceptors (Lipinski definition) is 4. The van der Waals surface area contributed by atoms with Crippen LogP contribution in [0, 0.1) is 5.92 Å². The Kier molecular flexibility index (Phi) is 4.26. The van der Waals surface area contributed by atoms with E-state index in [2.05, 4.69) is 28.8 Å². The van der Waals surface area contributed by atoms with E-state index in [1.165, 1.54) is 0 Å². The van der Waals surface area contributed by atoms with Gasteiger partial charge < -0.3 is 20.5 Å². The highest BCUT2D eigenvalue weighted by Gasteiger charge is 2.32. The van der Waals surface area contributed by atoms with Crippen LogP contribution in [0.25, 0.3) is 11.0 Å². The molecule has 0 bridgehead atoms. The van der Waals surface area contributed by atoms with Crippen molar-refractivity contribution in [2.75, 3.05) is 25.0 Å². The molecule has 3 rings (SSSR count). The Morgan fingerprint density at radius 2 is 2.30 bits per heavy atom. The quantitative estimate of drug-likeness (QED) is 0.901. The van der Waals surface area contributed by atoms with Crippen LogP contribution >= 0.6 is 0 Å². The van der Waals surface area contributed by atoms with Crippen molar-refractivity contribution in [3.8, 4) is 0 Å². The van der Waals surface area contributed by atoms with Crippen molar-refractivity contribution in [2.24, 2.45) is 11.7 Å². The number of rotatable bonds is 3. The van der Waals surface area contributed by atoms with E-state index in [0.29, 0.717) is 12.5 Å². The van der Waals surface area contributed by atoms with Crippen LogP contribution in [0.5, 0.6) is 0 Å². The summed E-state index contributed by atoms with van der Waals surface area (Å²) >= 11 is 0. The fraction of sp³-hybridized carbons (Fsp3) is 0.529. The average Bonchev–Trinajstić information content (AvgIpc) is 3.02. The molecule has 0 unspecified atom stereocenters. The summed E-state index contributed by atoms with van der Waals surface area (Å²) in [6, 6.07) is 3.92. The lowest BCUT2D eigenvalue weighted by Crippen LogP contribution is -2.55. The lowest BCUT2D eigenvalue weighted by molar-refractivity contribution is -0.133. The predicted molar refractivity (Wildman–Crippen MR) is 92.3 cm³/mol. The van der Waals surface area contributed by atoms with Crippen LogP contribution in [-0.4, -0.2) is 53.0 Å². The number of fused-ring (bicyclic) bond motifs is 1. The van der Waals surface area contributed by atoms with E-state index < -0.39 is 6.04 Å². The molecule has 0 radical (unpaired) electrons. The number of amides is 1. The Bertz CT molecular complexity index is 695. The molecular weight excluding hydrogens is 290 g/mol. The first kappa shape index (κ1) is 15.8. The fourth-order valence-corrected chi connectivity index (χ4v) is 3.47. The molecular formula is C17H25N5O. The molecule has 6 heteroatoms. The summed E-state index contributed by atoms with van der Waals surface area (Å²) in [5.74, 6) is 0.552. The number of nitrogens with two attached hydrogens (primary N) is 1. The third-order valence-corrected chi connectivity index (χ3v) is 4.93. The van der Waals surface area contributed by atoms with Crippen LogP contribution in [0.15, 0.2) is 24.5 Å². The third kappa shape index (κ3) is 2.91. The Morgan fingerprint density at radius 3 is 3.04 bits per heavy atom. The number of nitrogens with one attached hydrogen (secondary N) is 1. The second-order valence-electron chi connectivity index (χ2n) is 6.59. The molecule has 3 atom stereocenters. The minimum atomic E-state index is -0.438. The number of likely N-dealkylation sites (tertiary alicyclic amines) is 1. The van der Waals surface area contributed by atoms with Gasteiger partial charge in [-0.2, -0.15) is 0 Å². The first-order chi connectivity index (χ1) is 11.0. The summed E-state index contributed by atoms with van der Waals surface area (Å²) in [7, 11) is 2.10. The molecule has 1 amide bonds. The highest BCUT2D eigenvalue weighted by atomic mass is 16.2. The lowest BCUT2D eigenvalue weighted by Gasteiger charge is -2.43. The van der Waals surface area contributed by atoms with Crippen LogP contribution < -0.4 is 10.6 Å². The maximum atomic E-state index is 12.2. The Labute approximate surface area is 136 Å². The molecule has 3 N–H and O–H groups in total. The van der Waals surface area contributed by atoms with Gasteiger partial charge in [0.05, 0.1) is 6.04 Å². The topological polar surface area (TPSA) is 78.2 Å². The molecule has 1 aliphatic rings. The van der Waals surface area contributed by atoms with Crippen molar-refractivity contribution in [3.63, 3.8) is 0 Å². The Hall–Kier alpha value is -2.08. The number of hydrogen-bond donors (Lipinski definition) is 2. The summed E-state index contributed by atoms with van der Waals surface area (Å²) < 4.78 is 0. The number of carbonyl (C=O) groups excluding carboxylic acids is 1. The standard InChI is InChI=1S/C17H25N5O/c1-11-6-9-22(17(23)12(2)18)10-15(11)21(3)14-5-8-20-16-13(14)4-7-19-16/h4-5,7-8,11-12,15H,6,9-10,18H2,1-3H3,(H,19,20)/t11-,12-,15+/m1/s1. The maximum absolute atomic E-state index is 12.2. The van der Waals surface area contributed by atoms with Crippen molar-refractivity contribution >= 4 is 22.6 Å². The van der Waals surface area contributed by atoms with Crippen LogP contribution in [0.4, 0.5) is 5.69 Å². The van der Waals surface area contributed by atoms with Gasteiger partial charge in [0.25, 0.3) is 0 Å². The molecule has 0 aromatic carbocycles. The number of nitrogens with zero attached hydrogens (tertiary/aromatic N) is 3. The first-order valence-corrected chi connectivity index (χ1v) is 8.18.